The standard InChI is InChI=1S/C19H18ClFN4O2/c20-13-1-6-17-16(11-13)23-18(27-17)12-24-7-9-25(10-8-24)19(26)22-15-4-2-14(21)3-5-15/h1-6,11H,7-10,12H2,(H,22,26). The molecule has 1 aromatic heterocycles. The Labute approximate surface area is 160 Å². The summed E-state index contributed by atoms with van der Waals surface area (Å²) in [5.74, 6) is 0.305. The van der Waals surface area contributed by atoms with Crippen LogP contribution in [0.5, 0.6) is 0 Å². The van der Waals surface area contributed by atoms with E-state index in [4.69, 9.17) is 16.0 Å². The number of benzene rings is 2. The zero-order chi connectivity index (χ0) is 18.8. The predicted octanol–water partition coefficient (Wildman–Crippen LogP) is 3.97. The molecule has 0 unspecified atom stereocenters. The lowest BCUT2D eigenvalue weighted by atomic mass is 10.3. The molecule has 8 heteroatoms. The number of nitrogens with one attached hydrogen (secondary N) is 1. The summed E-state index contributed by atoms with van der Waals surface area (Å²) in [5, 5.41) is 3.41. The fourth-order valence-corrected chi connectivity index (χ4v) is 3.22. The molecule has 0 spiro atoms. The Hall–Kier alpha value is -2.64. The molecule has 2 amide bonds. The van der Waals surface area contributed by atoms with Crippen molar-refractivity contribution in [2.75, 3.05) is 31.5 Å². The second kappa shape index (κ2) is 7.54. The molecule has 27 heavy (non-hydrogen) atoms. The lowest BCUT2D eigenvalue weighted by Gasteiger charge is -2.34. The number of carbonyl (C=O) groups is 1. The van der Waals surface area contributed by atoms with Gasteiger partial charge in [0.15, 0.2) is 5.58 Å². The summed E-state index contributed by atoms with van der Waals surface area (Å²) in [7, 11) is 0. The smallest absolute Gasteiger partial charge is 0.321 e. The SMILES string of the molecule is O=C(Nc1ccc(F)cc1)N1CCN(Cc2nc3cc(Cl)ccc3o2)CC1. The molecular weight excluding hydrogens is 371 g/mol. The molecule has 0 aliphatic carbocycles. The average molecular weight is 389 g/mol. The lowest BCUT2D eigenvalue weighted by Crippen LogP contribution is -2.49. The van der Waals surface area contributed by atoms with E-state index >= 15 is 0 Å². The highest BCUT2D eigenvalue weighted by atomic mass is 35.5. The number of carbonyl (C=O) groups excluding carboxylic acids is 1. The van der Waals surface area contributed by atoms with Gasteiger partial charge in [-0.15, -0.1) is 0 Å². The quantitative estimate of drug-likeness (QED) is 0.737. The van der Waals surface area contributed by atoms with E-state index in [-0.39, 0.29) is 11.8 Å². The molecule has 2 aromatic carbocycles. The summed E-state index contributed by atoms with van der Waals surface area (Å²) < 4.78 is 18.7. The zero-order valence-electron chi connectivity index (χ0n) is 14.5. The topological polar surface area (TPSA) is 61.6 Å². The van der Waals surface area contributed by atoms with Crippen LogP contribution in [0.4, 0.5) is 14.9 Å². The largest absolute Gasteiger partial charge is 0.439 e. The van der Waals surface area contributed by atoms with Crippen LogP contribution in [0.25, 0.3) is 11.1 Å². The monoisotopic (exact) mass is 388 g/mol. The number of halogens is 2. The first-order chi connectivity index (χ1) is 13.1. The Bertz CT molecular complexity index is 952. The maximum absolute atomic E-state index is 12.9. The highest BCUT2D eigenvalue weighted by Crippen LogP contribution is 2.21. The van der Waals surface area contributed by atoms with Crippen molar-refractivity contribution in [3.05, 3.63) is 59.2 Å². The lowest BCUT2D eigenvalue weighted by molar-refractivity contribution is 0.136. The van der Waals surface area contributed by atoms with Crippen molar-refractivity contribution < 1.29 is 13.6 Å². The summed E-state index contributed by atoms with van der Waals surface area (Å²) >= 11 is 5.98. The fourth-order valence-electron chi connectivity index (χ4n) is 3.05. The van der Waals surface area contributed by atoms with Gasteiger partial charge in [0.25, 0.3) is 0 Å². The van der Waals surface area contributed by atoms with Crippen LogP contribution in [0.1, 0.15) is 5.89 Å². The van der Waals surface area contributed by atoms with Crippen LogP contribution < -0.4 is 5.32 Å². The third kappa shape index (κ3) is 4.20. The highest BCUT2D eigenvalue weighted by molar-refractivity contribution is 6.31. The van der Waals surface area contributed by atoms with E-state index in [2.05, 4.69) is 15.2 Å². The minimum atomic E-state index is -0.330. The zero-order valence-corrected chi connectivity index (χ0v) is 15.2. The second-order valence-corrected chi connectivity index (χ2v) is 6.86. The van der Waals surface area contributed by atoms with Gasteiger partial charge in [-0.25, -0.2) is 14.2 Å². The van der Waals surface area contributed by atoms with Crippen molar-refractivity contribution in [1.29, 1.82) is 0 Å². The van der Waals surface area contributed by atoms with Crippen LogP contribution in [0.15, 0.2) is 46.9 Å². The second-order valence-electron chi connectivity index (χ2n) is 6.42. The average Bonchev–Trinajstić information content (AvgIpc) is 3.05. The highest BCUT2D eigenvalue weighted by Gasteiger charge is 2.22. The Kier molecular flexibility index (Phi) is 4.96. The van der Waals surface area contributed by atoms with Crippen LogP contribution in [-0.2, 0) is 6.54 Å². The van der Waals surface area contributed by atoms with Crippen molar-refractivity contribution in [2.24, 2.45) is 0 Å². The summed E-state index contributed by atoms with van der Waals surface area (Å²) in [6.07, 6.45) is 0. The van der Waals surface area contributed by atoms with Gasteiger partial charge in [0.2, 0.25) is 5.89 Å². The Morgan fingerprint density at radius 1 is 1.15 bits per heavy atom. The number of aromatic nitrogens is 1. The summed E-state index contributed by atoms with van der Waals surface area (Å²) in [5.41, 5.74) is 2.04. The van der Waals surface area contributed by atoms with Gasteiger partial charge in [0.05, 0.1) is 6.54 Å². The number of hydrogen-bond acceptors (Lipinski definition) is 4. The molecule has 4 rings (SSSR count). The molecule has 0 atom stereocenters. The van der Waals surface area contributed by atoms with Gasteiger partial charge in [0, 0.05) is 36.9 Å². The molecule has 1 saturated heterocycles. The van der Waals surface area contributed by atoms with Gasteiger partial charge in [-0.1, -0.05) is 11.6 Å². The molecule has 0 bridgehead atoms. The molecule has 1 N–H and O–H groups in total. The molecule has 0 radical (unpaired) electrons. The number of urea groups is 1. The normalized spacial score (nSPS) is 15.3. The number of anilines is 1. The number of fused-ring (bicyclic) bond motifs is 1. The van der Waals surface area contributed by atoms with Gasteiger partial charge in [-0.2, -0.15) is 0 Å². The summed E-state index contributed by atoms with van der Waals surface area (Å²) in [6, 6.07) is 10.9. The first-order valence-corrected chi connectivity index (χ1v) is 9.03. The number of oxazole rings is 1. The van der Waals surface area contributed by atoms with E-state index in [1.165, 1.54) is 12.1 Å². The molecule has 0 saturated carbocycles. The summed E-state index contributed by atoms with van der Waals surface area (Å²) in [6.45, 7) is 3.21. The molecule has 3 aromatic rings. The van der Waals surface area contributed by atoms with Crippen molar-refractivity contribution in [1.82, 2.24) is 14.8 Å². The Morgan fingerprint density at radius 3 is 2.63 bits per heavy atom. The molecule has 1 aliphatic rings. The van der Waals surface area contributed by atoms with Crippen molar-refractivity contribution in [3.63, 3.8) is 0 Å². The minimum absolute atomic E-state index is 0.183. The third-order valence-corrected chi connectivity index (χ3v) is 4.74. The number of rotatable bonds is 3. The maximum Gasteiger partial charge on any atom is 0.321 e. The number of hydrogen-bond donors (Lipinski definition) is 1. The van der Waals surface area contributed by atoms with E-state index < -0.39 is 0 Å². The van der Waals surface area contributed by atoms with Gasteiger partial charge >= 0.3 is 6.03 Å². The first-order valence-electron chi connectivity index (χ1n) is 8.66. The van der Waals surface area contributed by atoms with Crippen LogP contribution in [0.2, 0.25) is 5.02 Å². The summed E-state index contributed by atoms with van der Waals surface area (Å²) in [4.78, 5) is 20.7. The van der Waals surface area contributed by atoms with Gasteiger partial charge < -0.3 is 14.6 Å². The molecule has 1 fully saturated rings. The van der Waals surface area contributed by atoms with Crippen LogP contribution in [-0.4, -0.2) is 47.0 Å². The Balaban J connectivity index is 1.31. The first kappa shape index (κ1) is 17.8. The van der Waals surface area contributed by atoms with Gasteiger partial charge in [-0.05, 0) is 42.5 Å². The van der Waals surface area contributed by atoms with E-state index in [1.807, 2.05) is 6.07 Å². The third-order valence-electron chi connectivity index (χ3n) is 4.51. The molecule has 140 valence electrons. The van der Waals surface area contributed by atoms with Crippen LogP contribution in [0.3, 0.4) is 0 Å². The van der Waals surface area contributed by atoms with E-state index in [1.54, 1.807) is 29.2 Å². The van der Waals surface area contributed by atoms with Gasteiger partial charge in [0.1, 0.15) is 11.3 Å². The fraction of sp³-hybridized carbons (Fsp3) is 0.263. The van der Waals surface area contributed by atoms with E-state index in [0.717, 1.165) is 18.6 Å². The molecule has 1 aliphatic heterocycles. The van der Waals surface area contributed by atoms with Crippen molar-refractivity contribution >= 4 is 34.4 Å². The van der Waals surface area contributed by atoms with Crippen molar-refractivity contribution in [2.45, 2.75) is 6.54 Å². The molecular formula is C19H18ClFN4O2. The van der Waals surface area contributed by atoms with E-state index in [9.17, 15) is 9.18 Å². The van der Waals surface area contributed by atoms with E-state index in [0.29, 0.717) is 41.8 Å². The number of amides is 2. The number of piperazine rings is 1. The van der Waals surface area contributed by atoms with Crippen LogP contribution >= 0.6 is 11.6 Å². The molecule has 6 nitrogen and oxygen atoms in total. The van der Waals surface area contributed by atoms with Gasteiger partial charge in [-0.3, -0.25) is 4.90 Å². The Morgan fingerprint density at radius 2 is 1.89 bits per heavy atom. The van der Waals surface area contributed by atoms with Crippen LogP contribution in [0, 0.1) is 5.82 Å². The minimum Gasteiger partial charge on any atom is -0.439 e. The molecule has 2 heterocycles. The maximum atomic E-state index is 12.9. The van der Waals surface area contributed by atoms with Crippen molar-refractivity contribution in [3.8, 4) is 0 Å². The number of nitrogens with zero attached hydrogens (tertiary/aromatic N) is 3. The predicted molar refractivity (Wildman–Crippen MR) is 101 cm³/mol.